The Bertz CT molecular complexity index is 597. The predicted molar refractivity (Wildman–Crippen MR) is 84.0 cm³/mol. The summed E-state index contributed by atoms with van der Waals surface area (Å²) in [6.07, 6.45) is 2.30. The molecule has 1 N–H and O–H groups in total. The standard InChI is InChI=1S/C15H24N4O4/c1-10(20)9-13-5-4-7-17(13)14(21)6-8-18-12(3)15(19(22)23)11(2)16-18/h10,13,20H,4-9H2,1-3H3. The van der Waals surface area contributed by atoms with Gasteiger partial charge in [-0.05, 0) is 40.0 Å². The van der Waals surface area contributed by atoms with Crippen LogP contribution in [-0.4, -0.2) is 49.3 Å². The van der Waals surface area contributed by atoms with Crippen molar-refractivity contribution in [1.29, 1.82) is 0 Å². The van der Waals surface area contributed by atoms with Gasteiger partial charge in [-0.3, -0.25) is 19.6 Å². The van der Waals surface area contributed by atoms with Crippen molar-refractivity contribution < 1.29 is 14.8 Å². The summed E-state index contributed by atoms with van der Waals surface area (Å²) in [5, 5.41) is 24.7. The molecule has 0 aliphatic carbocycles. The summed E-state index contributed by atoms with van der Waals surface area (Å²) in [4.78, 5) is 24.8. The van der Waals surface area contributed by atoms with Gasteiger partial charge in [0.15, 0.2) is 0 Å². The van der Waals surface area contributed by atoms with E-state index in [9.17, 15) is 20.0 Å². The van der Waals surface area contributed by atoms with Crippen molar-refractivity contribution in [3.05, 3.63) is 21.5 Å². The zero-order valence-corrected chi connectivity index (χ0v) is 13.9. The second-order valence-corrected chi connectivity index (χ2v) is 6.22. The smallest absolute Gasteiger partial charge is 0.312 e. The lowest BCUT2D eigenvalue weighted by atomic mass is 10.1. The van der Waals surface area contributed by atoms with Gasteiger partial charge in [0, 0.05) is 19.0 Å². The number of carbonyl (C=O) groups excluding carboxylic acids is 1. The number of nitrogens with zero attached hydrogens (tertiary/aromatic N) is 4. The fourth-order valence-electron chi connectivity index (χ4n) is 3.32. The van der Waals surface area contributed by atoms with Crippen LogP contribution in [0.4, 0.5) is 5.69 Å². The highest BCUT2D eigenvalue weighted by Gasteiger charge is 2.29. The van der Waals surface area contributed by atoms with Gasteiger partial charge in [-0.25, -0.2) is 0 Å². The normalized spacial score (nSPS) is 19.1. The Morgan fingerprint density at radius 1 is 1.52 bits per heavy atom. The zero-order chi connectivity index (χ0) is 17.1. The quantitative estimate of drug-likeness (QED) is 0.632. The lowest BCUT2D eigenvalue weighted by Gasteiger charge is -2.25. The molecule has 1 aliphatic rings. The predicted octanol–water partition coefficient (Wildman–Crippen LogP) is 1.56. The molecule has 2 unspecified atom stereocenters. The lowest BCUT2D eigenvalue weighted by molar-refractivity contribution is -0.386. The minimum atomic E-state index is -0.435. The number of hydrogen-bond donors (Lipinski definition) is 1. The molecule has 0 spiro atoms. The van der Waals surface area contributed by atoms with Crippen molar-refractivity contribution in [1.82, 2.24) is 14.7 Å². The Balaban J connectivity index is 1.99. The topological polar surface area (TPSA) is 102 Å². The fraction of sp³-hybridized carbons (Fsp3) is 0.733. The van der Waals surface area contributed by atoms with Crippen molar-refractivity contribution in [3.8, 4) is 0 Å². The molecule has 23 heavy (non-hydrogen) atoms. The van der Waals surface area contributed by atoms with Crippen molar-refractivity contribution >= 4 is 11.6 Å². The highest BCUT2D eigenvalue weighted by molar-refractivity contribution is 5.76. The van der Waals surface area contributed by atoms with E-state index in [1.165, 1.54) is 4.68 Å². The van der Waals surface area contributed by atoms with Gasteiger partial charge in [-0.2, -0.15) is 5.10 Å². The number of rotatable bonds is 6. The maximum Gasteiger partial charge on any atom is 0.312 e. The summed E-state index contributed by atoms with van der Waals surface area (Å²) in [6, 6.07) is 0.0947. The van der Waals surface area contributed by atoms with Crippen LogP contribution < -0.4 is 0 Å². The number of aliphatic hydroxyl groups excluding tert-OH is 1. The lowest BCUT2D eigenvalue weighted by Crippen LogP contribution is -2.37. The maximum absolute atomic E-state index is 12.4. The Morgan fingerprint density at radius 2 is 2.22 bits per heavy atom. The highest BCUT2D eigenvalue weighted by atomic mass is 16.6. The fourth-order valence-corrected chi connectivity index (χ4v) is 3.32. The third kappa shape index (κ3) is 3.87. The molecule has 2 atom stereocenters. The van der Waals surface area contributed by atoms with Crippen LogP contribution in [-0.2, 0) is 11.3 Å². The van der Waals surface area contributed by atoms with Crippen molar-refractivity contribution in [2.45, 2.75) is 65.1 Å². The molecule has 2 heterocycles. The SMILES string of the molecule is Cc1nn(CCC(=O)N2CCCC2CC(C)O)c(C)c1[N+](=O)[O-]. The second-order valence-electron chi connectivity index (χ2n) is 6.22. The van der Waals surface area contributed by atoms with Gasteiger partial charge >= 0.3 is 5.69 Å². The first kappa shape index (κ1) is 17.4. The third-order valence-corrected chi connectivity index (χ3v) is 4.37. The van der Waals surface area contributed by atoms with E-state index in [2.05, 4.69) is 5.10 Å². The molecule has 1 saturated heterocycles. The van der Waals surface area contributed by atoms with E-state index in [0.717, 1.165) is 12.8 Å². The van der Waals surface area contributed by atoms with Crippen molar-refractivity contribution in [2.24, 2.45) is 0 Å². The summed E-state index contributed by atoms with van der Waals surface area (Å²) in [5.74, 6) is 0.0170. The number of aromatic nitrogens is 2. The Hall–Kier alpha value is -1.96. The van der Waals surface area contributed by atoms with Gasteiger partial charge in [0.1, 0.15) is 11.4 Å². The van der Waals surface area contributed by atoms with Gasteiger partial charge < -0.3 is 10.0 Å². The first-order valence-corrected chi connectivity index (χ1v) is 7.97. The summed E-state index contributed by atoms with van der Waals surface area (Å²) in [6.45, 7) is 6.03. The first-order valence-electron chi connectivity index (χ1n) is 7.97. The minimum Gasteiger partial charge on any atom is -0.393 e. The number of aliphatic hydroxyl groups is 1. The molecule has 0 saturated carbocycles. The molecule has 1 aromatic heterocycles. The first-order chi connectivity index (χ1) is 10.8. The van der Waals surface area contributed by atoms with Crippen LogP contribution in [0.25, 0.3) is 0 Å². The summed E-state index contributed by atoms with van der Waals surface area (Å²) in [7, 11) is 0. The van der Waals surface area contributed by atoms with Crippen LogP contribution in [0.5, 0.6) is 0 Å². The molecule has 8 heteroatoms. The Kier molecular flexibility index (Phi) is 5.35. The number of carbonyl (C=O) groups is 1. The van der Waals surface area contributed by atoms with E-state index in [1.54, 1.807) is 20.8 Å². The molecular weight excluding hydrogens is 300 g/mol. The molecule has 8 nitrogen and oxygen atoms in total. The van der Waals surface area contributed by atoms with E-state index < -0.39 is 11.0 Å². The molecule has 1 aromatic rings. The van der Waals surface area contributed by atoms with Gasteiger partial charge in [0.25, 0.3) is 0 Å². The largest absolute Gasteiger partial charge is 0.393 e. The van der Waals surface area contributed by atoms with Gasteiger partial charge in [0.2, 0.25) is 5.91 Å². The monoisotopic (exact) mass is 324 g/mol. The highest BCUT2D eigenvalue weighted by Crippen LogP contribution is 2.24. The van der Waals surface area contributed by atoms with E-state index in [1.807, 2.05) is 4.90 Å². The average Bonchev–Trinajstić information content (AvgIpc) is 3.00. The molecule has 2 rings (SSSR count). The van der Waals surface area contributed by atoms with Gasteiger partial charge in [-0.15, -0.1) is 0 Å². The van der Waals surface area contributed by atoms with Crippen LogP contribution in [0.15, 0.2) is 0 Å². The number of hydrogen-bond acceptors (Lipinski definition) is 5. The van der Waals surface area contributed by atoms with Crippen LogP contribution >= 0.6 is 0 Å². The van der Waals surface area contributed by atoms with Crippen molar-refractivity contribution in [2.75, 3.05) is 6.54 Å². The summed E-state index contributed by atoms with van der Waals surface area (Å²) < 4.78 is 1.53. The third-order valence-electron chi connectivity index (χ3n) is 4.37. The zero-order valence-electron chi connectivity index (χ0n) is 13.9. The Morgan fingerprint density at radius 3 is 2.78 bits per heavy atom. The average molecular weight is 324 g/mol. The van der Waals surface area contributed by atoms with Gasteiger partial charge in [-0.1, -0.05) is 0 Å². The molecule has 0 bridgehead atoms. The van der Waals surface area contributed by atoms with Gasteiger partial charge in [0.05, 0.1) is 17.6 Å². The van der Waals surface area contributed by atoms with E-state index in [0.29, 0.717) is 30.9 Å². The van der Waals surface area contributed by atoms with Crippen LogP contribution in [0.1, 0.15) is 44.0 Å². The van der Waals surface area contributed by atoms with Crippen LogP contribution in [0, 0.1) is 24.0 Å². The van der Waals surface area contributed by atoms with Crippen LogP contribution in [0.3, 0.4) is 0 Å². The minimum absolute atomic E-state index is 0.0170. The molecule has 128 valence electrons. The van der Waals surface area contributed by atoms with E-state index >= 15 is 0 Å². The molecule has 1 aliphatic heterocycles. The molecule has 0 radical (unpaired) electrons. The molecular formula is C15H24N4O4. The molecule has 1 amide bonds. The van der Waals surface area contributed by atoms with Crippen molar-refractivity contribution in [3.63, 3.8) is 0 Å². The summed E-state index contributed by atoms with van der Waals surface area (Å²) >= 11 is 0. The Labute approximate surface area is 135 Å². The van der Waals surface area contributed by atoms with E-state index in [4.69, 9.17) is 0 Å². The number of amides is 1. The summed E-state index contributed by atoms with van der Waals surface area (Å²) in [5.41, 5.74) is 0.862. The van der Waals surface area contributed by atoms with E-state index in [-0.39, 0.29) is 24.1 Å². The number of aryl methyl sites for hydroxylation is 2. The number of likely N-dealkylation sites (tertiary alicyclic amines) is 1. The van der Waals surface area contributed by atoms with Crippen LogP contribution in [0.2, 0.25) is 0 Å². The molecule has 1 fully saturated rings. The maximum atomic E-state index is 12.4. The number of nitro groups is 1. The molecule has 0 aromatic carbocycles. The second kappa shape index (κ2) is 7.08.